The molecule has 0 aromatic heterocycles. The van der Waals surface area contributed by atoms with Crippen molar-refractivity contribution in [3.05, 3.63) is 54.1 Å². The van der Waals surface area contributed by atoms with Gasteiger partial charge in [0.1, 0.15) is 11.5 Å². The molecule has 1 fully saturated rings. The second-order valence-corrected chi connectivity index (χ2v) is 10.2. The Hall–Kier alpha value is -2.75. The van der Waals surface area contributed by atoms with Gasteiger partial charge in [-0.1, -0.05) is 13.8 Å². The highest BCUT2D eigenvalue weighted by Crippen LogP contribution is 2.34. The first kappa shape index (κ1) is 21.5. The average Bonchev–Trinajstić information content (AvgIpc) is 2.67. The topological polar surface area (TPSA) is 62.2 Å². The molecule has 0 amide bonds. The molecule has 6 nitrogen and oxygen atoms in total. The molecule has 0 saturated carbocycles. The SMILES string of the molecule is CC1(C)CN2CCS(=O)(=O)N=C2N(c2ccc(Oc3ccc(C(F)(F)F)cc3)cc2)C1. The first-order valence-electron chi connectivity index (χ1n) is 9.72. The lowest BCUT2D eigenvalue weighted by Crippen LogP contribution is -2.60. The Bertz CT molecular complexity index is 1100. The van der Waals surface area contributed by atoms with Gasteiger partial charge in [-0.25, -0.2) is 8.42 Å². The minimum absolute atomic E-state index is 0.000324. The molecule has 31 heavy (non-hydrogen) atoms. The van der Waals surface area contributed by atoms with Crippen LogP contribution in [0.2, 0.25) is 0 Å². The predicted octanol–water partition coefficient (Wildman–Crippen LogP) is 4.35. The number of hydrogen-bond acceptors (Lipinski definition) is 5. The van der Waals surface area contributed by atoms with Crippen LogP contribution in [0.15, 0.2) is 52.9 Å². The van der Waals surface area contributed by atoms with Crippen molar-refractivity contribution in [3.8, 4) is 11.5 Å². The normalized spacial score (nSPS) is 20.1. The molecule has 0 aliphatic carbocycles. The summed E-state index contributed by atoms with van der Waals surface area (Å²) >= 11 is 0. The van der Waals surface area contributed by atoms with Crippen LogP contribution in [0, 0.1) is 5.41 Å². The van der Waals surface area contributed by atoms with Crippen LogP contribution in [0.4, 0.5) is 18.9 Å². The van der Waals surface area contributed by atoms with Crippen LogP contribution >= 0.6 is 0 Å². The van der Waals surface area contributed by atoms with Gasteiger partial charge in [-0.05, 0) is 48.5 Å². The van der Waals surface area contributed by atoms with Crippen LogP contribution in [0.5, 0.6) is 11.5 Å². The standard InChI is InChI=1S/C21H22F3N3O3S/c1-20(2)13-26-11-12-31(28,29)25-19(26)27(14-20)16-5-9-18(10-6-16)30-17-7-3-15(4-8-17)21(22,23)24/h3-10H,11-14H2,1-2H3. The number of anilines is 1. The van der Waals surface area contributed by atoms with E-state index >= 15 is 0 Å². The highest BCUT2D eigenvalue weighted by Gasteiger charge is 2.39. The molecule has 0 unspecified atom stereocenters. The summed E-state index contributed by atoms with van der Waals surface area (Å²) in [7, 11) is -3.49. The number of nitrogens with zero attached hydrogens (tertiary/aromatic N) is 3. The third-order valence-electron chi connectivity index (χ3n) is 5.13. The van der Waals surface area contributed by atoms with Gasteiger partial charge in [0.25, 0.3) is 10.0 Å². The molecular weight excluding hydrogens is 431 g/mol. The Morgan fingerprint density at radius 3 is 2.13 bits per heavy atom. The van der Waals surface area contributed by atoms with Crippen molar-refractivity contribution in [2.24, 2.45) is 9.81 Å². The third kappa shape index (κ3) is 4.79. The molecule has 1 saturated heterocycles. The second-order valence-electron chi connectivity index (χ2n) is 8.47. The summed E-state index contributed by atoms with van der Waals surface area (Å²) in [6.45, 7) is 5.93. The predicted molar refractivity (Wildman–Crippen MR) is 112 cm³/mol. The molecule has 0 bridgehead atoms. The van der Waals surface area contributed by atoms with Crippen molar-refractivity contribution in [2.45, 2.75) is 20.0 Å². The first-order valence-corrected chi connectivity index (χ1v) is 11.3. The van der Waals surface area contributed by atoms with E-state index in [1.54, 1.807) is 24.3 Å². The maximum atomic E-state index is 12.7. The van der Waals surface area contributed by atoms with E-state index in [0.29, 0.717) is 31.3 Å². The highest BCUT2D eigenvalue weighted by molar-refractivity contribution is 7.90. The van der Waals surface area contributed by atoms with Crippen LogP contribution in [-0.4, -0.2) is 44.7 Å². The van der Waals surface area contributed by atoms with Crippen LogP contribution < -0.4 is 9.64 Å². The highest BCUT2D eigenvalue weighted by atomic mass is 32.2. The monoisotopic (exact) mass is 453 g/mol. The molecule has 0 N–H and O–H groups in total. The maximum Gasteiger partial charge on any atom is 0.416 e. The summed E-state index contributed by atoms with van der Waals surface area (Å²) in [4.78, 5) is 3.86. The van der Waals surface area contributed by atoms with Gasteiger partial charge in [0.15, 0.2) is 0 Å². The molecule has 0 spiro atoms. The van der Waals surface area contributed by atoms with Gasteiger partial charge in [0.2, 0.25) is 5.96 Å². The Morgan fingerprint density at radius 1 is 0.968 bits per heavy atom. The van der Waals surface area contributed by atoms with Crippen molar-refractivity contribution in [2.75, 3.05) is 30.3 Å². The minimum Gasteiger partial charge on any atom is -0.457 e. The Labute approximate surface area is 179 Å². The fraction of sp³-hybridized carbons (Fsp3) is 0.381. The number of alkyl halides is 3. The Kier molecular flexibility index (Phi) is 5.15. The minimum atomic E-state index is -4.40. The van der Waals surface area contributed by atoms with E-state index in [0.717, 1.165) is 17.8 Å². The van der Waals surface area contributed by atoms with Crippen LogP contribution in [-0.2, 0) is 16.2 Å². The molecular formula is C21H22F3N3O3S. The zero-order chi connectivity index (χ0) is 22.4. The van der Waals surface area contributed by atoms with E-state index in [9.17, 15) is 21.6 Å². The number of sulfonamides is 1. The number of fused-ring (bicyclic) bond motifs is 1. The van der Waals surface area contributed by atoms with E-state index in [1.165, 1.54) is 12.1 Å². The smallest absolute Gasteiger partial charge is 0.416 e. The van der Waals surface area contributed by atoms with Gasteiger partial charge in [-0.2, -0.15) is 13.2 Å². The molecule has 2 aromatic carbocycles. The van der Waals surface area contributed by atoms with Crippen molar-refractivity contribution in [1.82, 2.24) is 4.90 Å². The fourth-order valence-electron chi connectivity index (χ4n) is 3.74. The summed E-state index contributed by atoms with van der Waals surface area (Å²) in [5.41, 5.74) is -0.0562. The number of guanidine groups is 1. The van der Waals surface area contributed by atoms with Crippen molar-refractivity contribution < 1.29 is 26.3 Å². The van der Waals surface area contributed by atoms with E-state index in [-0.39, 0.29) is 16.9 Å². The van der Waals surface area contributed by atoms with Crippen molar-refractivity contribution >= 4 is 21.7 Å². The van der Waals surface area contributed by atoms with E-state index in [2.05, 4.69) is 18.2 Å². The van der Waals surface area contributed by atoms with Gasteiger partial charge in [-0.3, -0.25) is 0 Å². The fourth-order valence-corrected chi connectivity index (χ4v) is 4.74. The molecule has 4 rings (SSSR count). The number of halogens is 3. The average molecular weight is 453 g/mol. The molecule has 10 heteroatoms. The third-order valence-corrected chi connectivity index (χ3v) is 6.27. The van der Waals surface area contributed by atoms with Crippen molar-refractivity contribution in [3.63, 3.8) is 0 Å². The largest absolute Gasteiger partial charge is 0.457 e. The number of benzene rings is 2. The number of ether oxygens (including phenoxy) is 1. The van der Waals surface area contributed by atoms with E-state index in [4.69, 9.17) is 4.74 Å². The van der Waals surface area contributed by atoms with E-state index in [1.807, 2.05) is 9.80 Å². The molecule has 2 aliphatic rings. The lowest BCUT2D eigenvalue weighted by Gasteiger charge is -2.47. The zero-order valence-electron chi connectivity index (χ0n) is 17.1. The summed E-state index contributed by atoms with van der Waals surface area (Å²) in [6.07, 6.45) is -4.40. The molecule has 2 aromatic rings. The quantitative estimate of drug-likeness (QED) is 0.692. The van der Waals surface area contributed by atoms with Gasteiger partial charge in [0, 0.05) is 30.7 Å². The molecule has 2 aliphatic heterocycles. The summed E-state index contributed by atoms with van der Waals surface area (Å²) in [5, 5.41) is 0. The lowest BCUT2D eigenvalue weighted by molar-refractivity contribution is -0.137. The summed E-state index contributed by atoms with van der Waals surface area (Å²) < 4.78 is 71.8. The summed E-state index contributed by atoms with van der Waals surface area (Å²) in [5.74, 6) is 1.16. The van der Waals surface area contributed by atoms with Crippen LogP contribution in [0.3, 0.4) is 0 Å². The first-order chi connectivity index (χ1) is 14.4. The van der Waals surface area contributed by atoms with Crippen molar-refractivity contribution in [1.29, 1.82) is 0 Å². The van der Waals surface area contributed by atoms with Gasteiger partial charge < -0.3 is 14.5 Å². The number of hydrogen-bond donors (Lipinski definition) is 0. The Balaban J connectivity index is 1.56. The lowest BCUT2D eigenvalue weighted by atomic mass is 9.89. The molecule has 0 radical (unpaired) electrons. The van der Waals surface area contributed by atoms with Crippen LogP contribution in [0.25, 0.3) is 0 Å². The van der Waals surface area contributed by atoms with Gasteiger partial charge in [0.05, 0.1) is 11.3 Å². The Morgan fingerprint density at radius 2 is 1.55 bits per heavy atom. The zero-order valence-corrected chi connectivity index (χ0v) is 17.9. The maximum absolute atomic E-state index is 12.7. The molecule has 0 atom stereocenters. The van der Waals surface area contributed by atoms with Crippen LogP contribution in [0.1, 0.15) is 19.4 Å². The van der Waals surface area contributed by atoms with E-state index < -0.39 is 21.8 Å². The summed E-state index contributed by atoms with van der Waals surface area (Å²) in [6, 6.07) is 11.4. The van der Waals surface area contributed by atoms with Gasteiger partial charge >= 0.3 is 6.18 Å². The molecule has 166 valence electrons. The molecule has 2 heterocycles. The van der Waals surface area contributed by atoms with Gasteiger partial charge in [-0.15, -0.1) is 4.40 Å². The second kappa shape index (κ2) is 7.44. The number of rotatable bonds is 3.